The van der Waals surface area contributed by atoms with Crippen LogP contribution in [-0.4, -0.2) is 51.2 Å². The molecule has 0 aromatic heterocycles. The van der Waals surface area contributed by atoms with Crippen molar-refractivity contribution >= 4 is 40.0 Å². The predicted octanol–water partition coefficient (Wildman–Crippen LogP) is 0.992. The van der Waals surface area contributed by atoms with Crippen molar-refractivity contribution in [3.8, 4) is 0 Å². The molecule has 6 heteroatoms. The van der Waals surface area contributed by atoms with Crippen LogP contribution in [0, 0.1) is 0 Å². The van der Waals surface area contributed by atoms with E-state index in [9.17, 15) is 8.42 Å². The van der Waals surface area contributed by atoms with Gasteiger partial charge in [-0.15, -0.1) is 6.58 Å². The zero-order valence-corrected chi connectivity index (χ0v) is 8.68. The topological polar surface area (TPSA) is 52.6 Å². The Kier molecular flexibility index (Phi) is 12.3. The van der Waals surface area contributed by atoms with E-state index in [1.54, 1.807) is 0 Å². The molecule has 0 aliphatic carbocycles. The maximum absolute atomic E-state index is 10.9. The number of hydrogen-bond acceptors (Lipinski definition) is 4. The minimum absolute atomic E-state index is 0. The average Bonchev–Trinajstić information content (AvgIpc) is 2.09. The van der Waals surface area contributed by atoms with Crippen molar-refractivity contribution in [2.75, 3.05) is 13.2 Å². The summed E-state index contributed by atoms with van der Waals surface area (Å²) in [4.78, 5) is 0. The molecular weight excluding hydrogens is 215 g/mol. The first-order chi connectivity index (χ1) is 6.12. The van der Waals surface area contributed by atoms with Gasteiger partial charge in [0.1, 0.15) is 0 Å². The first-order valence-electron chi connectivity index (χ1n) is 4.27. The maximum atomic E-state index is 10.9. The van der Waals surface area contributed by atoms with E-state index < -0.39 is 10.4 Å². The second-order valence-electron chi connectivity index (χ2n) is 2.51. The van der Waals surface area contributed by atoms with Crippen LogP contribution < -0.4 is 0 Å². The third kappa shape index (κ3) is 10.7. The number of rotatable bonds is 8. The summed E-state index contributed by atoms with van der Waals surface area (Å²) in [6, 6.07) is 0. The van der Waals surface area contributed by atoms with E-state index in [0.717, 1.165) is 19.3 Å². The summed E-state index contributed by atoms with van der Waals surface area (Å²) >= 11 is 0. The van der Waals surface area contributed by atoms with E-state index in [4.69, 9.17) is 0 Å². The van der Waals surface area contributed by atoms with E-state index in [2.05, 4.69) is 14.9 Å². The summed E-state index contributed by atoms with van der Waals surface area (Å²) in [6.45, 7) is 5.50. The van der Waals surface area contributed by atoms with Crippen LogP contribution in [0.2, 0.25) is 0 Å². The normalized spacial score (nSPS) is 10.6. The fraction of sp³-hybridized carbons (Fsp3) is 0.750. The van der Waals surface area contributed by atoms with Crippen LogP contribution in [0.25, 0.3) is 0 Å². The molecule has 0 fully saturated rings. The third-order valence-electron chi connectivity index (χ3n) is 1.31. The third-order valence-corrected chi connectivity index (χ3v) is 2.19. The molecule has 0 saturated carbocycles. The molecule has 0 aliphatic heterocycles. The molecule has 0 bridgehead atoms. The number of unbranched alkanes of at least 4 members (excludes halogenated alkanes) is 2. The molecule has 80 valence electrons. The summed E-state index contributed by atoms with van der Waals surface area (Å²) < 4.78 is 30.6. The molecule has 0 N–H and O–H groups in total. The summed E-state index contributed by atoms with van der Waals surface area (Å²) in [5, 5.41) is 0. The summed E-state index contributed by atoms with van der Waals surface area (Å²) in [7, 11) is -3.80. The Hall–Kier alpha value is 0.610. The van der Waals surface area contributed by atoms with Gasteiger partial charge in [-0.2, -0.15) is 8.42 Å². The average molecular weight is 232 g/mol. The van der Waals surface area contributed by atoms with E-state index in [1.807, 2.05) is 6.92 Å². The molecule has 14 heavy (non-hydrogen) atoms. The van der Waals surface area contributed by atoms with E-state index >= 15 is 0 Å². The zero-order valence-electron chi connectivity index (χ0n) is 7.86. The van der Waals surface area contributed by atoms with Gasteiger partial charge in [0.2, 0.25) is 0 Å². The molecule has 0 atom stereocenters. The van der Waals surface area contributed by atoms with Crippen LogP contribution in [0.3, 0.4) is 0 Å². The van der Waals surface area contributed by atoms with E-state index in [0.29, 0.717) is 0 Å². The second kappa shape index (κ2) is 10.1. The molecule has 0 heterocycles. The second-order valence-corrected chi connectivity index (χ2v) is 3.80. The van der Waals surface area contributed by atoms with Gasteiger partial charge < -0.3 is 0 Å². The molecule has 4 nitrogen and oxygen atoms in total. The fourth-order valence-corrected chi connectivity index (χ4v) is 1.33. The Morgan fingerprint density at radius 2 is 1.93 bits per heavy atom. The molecule has 0 aromatic carbocycles. The van der Waals surface area contributed by atoms with Gasteiger partial charge in [-0.05, 0) is 6.42 Å². The molecule has 0 aromatic rings. The standard InChI is InChI=1S/C8H16O4S.Na.H/c1-3-5-6-8-12-13(9,10)11-7-4-2;;/h4H,2-3,5-8H2,1H3;;. The van der Waals surface area contributed by atoms with Crippen molar-refractivity contribution in [3.05, 3.63) is 12.7 Å². The number of hydrogen-bond donors (Lipinski definition) is 0. The molecule has 0 unspecified atom stereocenters. The van der Waals surface area contributed by atoms with Crippen LogP contribution >= 0.6 is 0 Å². The Bertz CT molecular complexity index is 225. The Morgan fingerprint density at radius 3 is 2.43 bits per heavy atom. The summed E-state index contributed by atoms with van der Waals surface area (Å²) in [6.07, 6.45) is 4.06. The monoisotopic (exact) mass is 232 g/mol. The van der Waals surface area contributed by atoms with Crippen molar-refractivity contribution in [2.45, 2.75) is 26.2 Å². The van der Waals surface area contributed by atoms with E-state index in [-0.39, 0.29) is 42.8 Å². The van der Waals surface area contributed by atoms with Crippen molar-refractivity contribution < 1.29 is 16.8 Å². The van der Waals surface area contributed by atoms with Gasteiger partial charge in [0, 0.05) is 0 Å². The van der Waals surface area contributed by atoms with Crippen LogP contribution in [0.4, 0.5) is 0 Å². The molecule has 0 rings (SSSR count). The van der Waals surface area contributed by atoms with Gasteiger partial charge in [0.15, 0.2) is 0 Å². The van der Waals surface area contributed by atoms with Gasteiger partial charge in [-0.3, -0.25) is 0 Å². The molecule has 0 spiro atoms. The molecule has 0 amide bonds. The SMILES string of the molecule is C=CCOS(=O)(=O)OCCCCC.[NaH]. The Labute approximate surface area is 108 Å². The zero-order chi connectivity index (χ0) is 10.2. The molecular formula is C8H17NaO4S. The Balaban J connectivity index is 0. The van der Waals surface area contributed by atoms with Crippen molar-refractivity contribution in [1.29, 1.82) is 0 Å². The van der Waals surface area contributed by atoms with Crippen molar-refractivity contribution in [3.63, 3.8) is 0 Å². The Morgan fingerprint density at radius 1 is 1.29 bits per heavy atom. The molecule has 0 saturated heterocycles. The summed E-state index contributed by atoms with van der Waals surface area (Å²) in [5.74, 6) is 0. The fourth-order valence-electron chi connectivity index (χ4n) is 0.679. The van der Waals surface area contributed by atoms with Crippen molar-refractivity contribution in [2.24, 2.45) is 0 Å². The van der Waals surface area contributed by atoms with Gasteiger partial charge in [-0.25, -0.2) is 8.37 Å². The van der Waals surface area contributed by atoms with Crippen LogP contribution in [0.15, 0.2) is 12.7 Å². The minimum atomic E-state index is -3.80. The molecule has 0 aliphatic rings. The van der Waals surface area contributed by atoms with E-state index in [1.165, 1.54) is 6.08 Å². The van der Waals surface area contributed by atoms with Gasteiger partial charge in [0.05, 0.1) is 13.2 Å². The predicted molar refractivity (Wildman–Crippen MR) is 57.7 cm³/mol. The van der Waals surface area contributed by atoms with Crippen LogP contribution in [0.1, 0.15) is 26.2 Å². The quantitative estimate of drug-likeness (QED) is 0.356. The van der Waals surface area contributed by atoms with Gasteiger partial charge >= 0.3 is 40.0 Å². The molecule has 0 radical (unpaired) electrons. The van der Waals surface area contributed by atoms with Gasteiger partial charge in [0.25, 0.3) is 0 Å². The van der Waals surface area contributed by atoms with Crippen LogP contribution in [-0.2, 0) is 18.8 Å². The first kappa shape index (κ1) is 17.0. The van der Waals surface area contributed by atoms with Gasteiger partial charge in [-0.1, -0.05) is 25.8 Å². The first-order valence-corrected chi connectivity index (χ1v) is 5.60. The summed E-state index contributed by atoms with van der Waals surface area (Å²) in [5.41, 5.74) is 0. The van der Waals surface area contributed by atoms with Crippen molar-refractivity contribution in [1.82, 2.24) is 0 Å². The van der Waals surface area contributed by atoms with Crippen LogP contribution in [0.5, 0.6) is 0 Å².